The molecular formula is C13H19NO4. The molecule has 0 radical (unpaired) electrons. The van der Waals surface area contributed by atoms with Crippen molar-refractivity contribution in [3.05, 3.63) is 23.8 Å². The number of hydrogen-bond donors (Lipinski definition) is 2. The fraction of sp³-hybridized carbons (Fsp3) is 0.462. The van der Waals surface area contributed by atoms with Crippen molar-refractivity contribution in [2.75, 3.05) is 27.4 Å². The van der Waals surface area contributed by atoms with Gasteiger partial charge >= 0.3 is 0 Å². The van der Waals surface area contributed by atoms with Crippen molar-refractivity contribution in [2.24, 2.45) is 0 Å². The molecule has 2 N–H and O–H groups in total. The fourth-order valence-corrected chi connectivity index (χ4v) is 1.60. The molecule has 0 saturated heterocycles. The first-order chi connectivity index (χ1) is 8.74. The minimum absolute atomic E-state index is 0.137. The lowest BCUT2D eigenvalue weighted by atomic mass is 10.1. The van der Waals surface area contributed by atoms with Crippen LogP contribution in [0.15, 0.2) is 18.2 Å². The minimum Gasteiger partial charge on any atom is -0.493 e. The number of aliphatic hydroxyl groups is 1. The number of hydrogen-bond acceptors (Lipinski definition) is 4. The molecule has 100 valence electrons. The summed E-state index contributed by atoms with van der Waals surface area (Å²) in [4.78, 5) is 11.9. The zero-order chi connectivity index (χ0) is 13.4. The van der Waals surface area contributed by atoms with Crippen LogP contribution >= 0.6 is 0 Å². The Kier molecular flexibility index (Phi) is 6.00. The Morgan fingerprint density at radius 1 is 1.28 bits per heavy atom. The van der Waals surface area contributed by atoms with Crippen molar-refractivity contribution in [1.29, 1.82) is 0 Å². The van der Waals surface area contributed by atoms with E-state index >= 15 is 0 Å². The number of unbranched alkanes of at least 4 members (excludes halogenated alkanes) is 1. The number of carbonyl (C=O) groups excluding carboxylic acids is 1. The highest BCUT2D eigenvalue weighted by molar-refractivity contribution is 5.97. The lowest BCUT2D eigenvalue weighted by Crippen LogP contribution is -2.25. The van der Waals surface area contributed by atoms with Gasteiger partial charge in [-0.05, 0) is 25.0 Å². The molecule has 0 aromatic heterocycles. The third-order valence-corrected chi connectivity index (χ3v) is 2.52. The number of methoxy groups -OCH3 is 2. The predicted octanol–water partition coefficient (Wildman–Crippen LogP) is 1.21. The van der Waals surface area contributed by atoms with E-state index in [1.807, 2.05) is 0 Å². The summed E-state index contributed by atoms with van der Waals surface area (Å²) in [7, 11) is 3.03. The Bertz CT molecular complexity index is 393. The smallest absolute Gasteiger partial charge is 0.255 e. The first-order valence-corrected chi connectivity index (χ1v) is 5.84. The first-order valence-electron chi connectivity index (χ1n) is 5.84. The molecule has 0 aliphatic heterocycles. The fourth-order valence-electron chi connectivity index (χ4n) is 1.60. The SMILES string of the molecule is COc1cccc(C(=O)NCCCCO)c1OC. The quantitative estimate of drug-likeness (QED) is 0.717. The van der Waals surface area contributed by atoms with E-state index in [-0.39, 0.29) is 12.5 Å². The third kappa shape index (κ3) is 3.63. The van der Waals surface area contributed by atoms with Crippen LogP contribution in [0.4, 0.5) is 0 Å². The van der Waals surface area contributed by atoms with Gasteiger partial charge in [0.25, 0.3) is 5.91 Å². The molecule has 0 saturated carbocycles. The molecule has 5 heteroatoms. The van der Waals surface area contributed by atoms with Gasteiger partial charge in [0.1, 0.15) is 0 Å². The van der Waals surface area contributed by atoms with Crippen LogP contribution in [0.25, 0.3) is 0 Å². The van der Waals surface area contributed by atoms with Crippen molar-refractivity contribution in [3.8, 4) is 11.5 Å². The second kappa shape index (κ2) is 7.55. The average Bonchev–Trinajstić information content (AvgIpc) is 2.42. The number of ether oxygens (including phenoxy) is 2. The summed E-state index contributed by atoms with van der Waals surface area (Å²) >= 11 is 0. The van der Waals surface area contributed by atoms with Crippen molar-refractivity contribution in [1.82, 2.24) is 5.32 Å². The van der Waals surface area contributed by atoms with Crippen LogP contribution in [0.5, 0.6) is 11.5 Å². The Hall–Kier alpha value is -1.75. The van der Waals surface area contributed by atoms with Gasteiger partial charge in [-0.25, -0.2) is 0 Å². The monoisotopic (exact) mass is 253 g/mol. The van der Waals surface area contributed by atoms with E-state index in [0.29, 0.717) is 30.0 Å². The summed E-state index contributed by atoms with van der Waals surface area (Å²) in [5.74, 6) is 0.754. The normalized spacial score (nSPS) is 9.94. The first kappa shape index (κ1) is 14.3. The molecule has 0 aliphatic rings. The summed E-state index contributed by atoms with van der Waals surface area (Å²) in [6.45, 7) is 0.665. The van der Waals surface area contributed by atoms with Crippen LogP contribution in [0.3, 0.4) is 0 Å². The van der Waals surface area contributed by atoms with Crippen molar-refractivity contribution >= 4 is 5.91 Å². The van der Waals surface area contributed by atoms with E-state index in [4.69, 9.17) is 14.6 Å². The molecule has 0 spiro atoms. The number of carbonyl (C=O) groups is 1. The molecule has 1 aromatic carbocycles. The number of para-hydroxylation sites is 1. The van der Waals surface area contributed by atoms with Crippen LogP contribution in [0, 0.1) is 0 Å². The topological polar surface area (TPSA) is 67.8 Å². The molecule has 1 aromatic rings. The van der Waals surface area contributed by atoms with Crippen LogP contribution in [-0.2, 0) is 0 Å². The molecule has 1 amide bonds. The summed E-state index contributed by atoms with van der Waals surface area (Å²) in [5.41, 5.74) is 0.445. The number of aliphatic hydroxyl groups excluding tert-OH is 1. The Balaban J connectivity index is 2.72. The van der Waals surface area contributed by atoms with E-state index in [1.165, 1.54) is 14.2 Å². The number of amides is 1. The molecule has 0 bridgehead atoms. The molecule has 0 heterocycles. The molecule has 0 aliphatic carbocycles. The molecule has 18 heavy (non-hydrogen) atoms. The van der Waals surface area contributed by atoms with Gasteiger partial charge in [0.15, 0.2) is 11.5 Å². The Labute approximate surface area is 107 Å². The molecule has 5 nitrogen and oxygen atoms in total. The van der Waals surface area contributed by atoms with Crippen LogP contribution < -0.4 is 14.8 Å². The van der Waals surface area contributed by atoms with E-state index in [2.05, 4.69) is 5.32 Å². The van der Waals surface area contributed by atoms with Gasteiger partial charge < -0.3 is 19.9 Å². The van der Waals surface area contributed by atoms with Crippen LogP contribution in [-0.4, -0.2) is 38.4 Å². The average molecular weight is 253 g/mol. The Morgan fingerprint density at radius 3 is 2.67 bits per heavy atom. The van der Waals surface area contributed by atoms with Gasteiger partial charge in [-0.1, -0.05) is 6.07 Å². The molecule has 0 fully saturated rings. The molecule has 0 unspecified atom stereocenters. The highest BCUT2D eigenvalue weighted by Crippen LogP contribution is 2.30. The highest BCUT2D eigenvalue weighted by Gasteiger charge is 2.15. The predicted molar refractivity (Wildman–Crippen MR) is 68.2 cm³/mol. The van der Waals surface area contributed by atoms with E-state index < -0.39 is 0 Å². The number of nitrogens with one attached hydrogen (secondary N) is 1. The highest BCUT2D eigenvalue weighted by atomic mass is 16.5. The summed E-state index contributed by atoms with van der Waals surface area (Å²) in [6, 6.07) is 5.16. The summed E-state index contributed by atoms with van der Waals surface area (Å²) in [6.07, 6.45) is 1.42. The minimum atomic E-state index is -0.205. The van der Waals surface area contributed by atoms with Gasteiger partial charge in [0.2, 0.25) is 0 Å². The summed E-state index contributed by atoms with van der Waals surface area (Å²) in [5, 5.41) is 11.4. The van der Waals surface area contributed by atoms with Gasteiger partial charge in [-0.2, -0.15) is 0 Å². The summed E-state index contributed by atoms with van der Waals surface area (Å²) < 4.78 is 10.3. The zero-order valence-corrected chi connectivity index (χ0v) is 10.7. The van der Waals surface area contributed by atoms with E-state index in [1.54, 1.807) is 18.2 Å². The van der Waals surface area contributed by atoms with Crippen LogP contribution in [0.1, 0.15) is 23.2 Å². The van der Waals surface area contributed by atoms with E-state index in [9.17, 15) is 4.79 Å². The third-order valence-electron chi connectivity index (χ3n) is 2.52. The van der Waals surface area contributed by atoms with Crippen molar-refractivity contribution < 1.29 is 19.4 Å². The largest absolute Gasteiger partial charge is 0.493 e. The lowest BCUT2D eigenvalue weighted by Gasteiger charge is -2.12. The maximum absolute atomic E-state index is 11.9. The second-order valence-electron chi connectivity index (χ2n) is 3.73. The molecule has 0 atom stereocenters. The van der Waals surface area contributed by atoms with Gasteiger partial charge in [-0.3, -0.25) is 4.79 Å². The maximum Gasteiger partial charge on any atom is 0.255 e. The van der Waals surface area contributed by atoms with Crippen molar-refractivity contribution in [3.63, 3.8) is 0 Å². The molecule has 1 rings (SSSR count). The number of rotatable bonds is 7. The van der Waals surface area contributed by atoms with E-state index in [0.717, 1.165) is 6.42 Å². The zero-order valence-electron chi connectivity index (χ0n) is 10.7. The molecular weight excluding hydrogens is 234 g/mol. The van der Waals surface area contributed by atoms with Crippen molar-refractivity contribution in [2.45, 2.75) is 12.8 Å². The Morgan fingerprint density at radius 2 is 2.06 bits per heavy atom. The number of benzene rings is 1. The van der Waals surface area contributed by atoms with Crippen LogP contribution in [0.2, 0.25) is 0 Å². The lowest BCUT2D eigenvalue weighted by molar-refractivity contribution is 0.0948. The second-order valence-corrected chi connectivity index (χ2v) is 3.73. The van der Waals surface area contributed by atoms with Gasteiger partial charge in [0.05, 0.1) is 19.8 Å². The maximum atomic E-state index is 11.9. The van der Waals surface area contributed by atoms with Gasteiger partial charge in [-0.15, -0.1) is 0 Å². The van der Waals surface area contributed by atoms with Gasteiger partial charge in [0, 0.05) is 13.2 Å². The standard InChI is InChI=1S/C13H19NO4/c1-17-11-7-5-6-10(12(11)18-2)13(16)14-8-3-4-9-15/h5-7,15H,3-4,8-9H2,1-2H3,(H,14,16).